The van der Waals surface area contributed by atoms with Crippen LogP contribution in [-0.2, 0) is 13.6 Å². The third-order valence-corrected chi connectivity index (χ3v) is 3.45. The summed E-state index contributed by atoms with van der Waals surface area (Å²) in [6, 6.07) is 8.54. The van der Waals surface area contributed by atoms with Crippen molar-refractivity contribution >= 4 is 10.9 Å². The van der Waals surface area contributed by atoms with Gasteiger partial charge in [0.05, 0.1) is 0 Å². The highest BCUT2D eigenvalue weighted by atomic mass is 14.9. The molecule has 3 heteroatoms. The SMILES string of the molecule is CC(CCN)CNCc1cn(C)c2ccccc12. The van der Waals surface area contributed by atoms with Crippen molar-refractivity contribution in [2.75, 3.05) is 13.1 Å². The summed E-state index contributed by atoms with van der Waals surface area (Å²) in [5.41, 5.74) is 8.22. The third-order valence-electron chi connectivity index (χ3n) is 3.45. The van der Waals surface area contributed by atoms with Crippen LogP contribution < -0.4 is 11.1 Å². The summed E-state index contributed by atoms with van der Waals surface area (Å²) in [6.07, 6.45) is 3.30. The number of rotatable bonds is 6. The van der Waals surface area contributed by atoms with E-state index in [2.05, 4.69) is 54.3 Å². The molecule has 1 atom stereocenters. The molecule has 3 N–H and O–H groups in total. The second-order valence-corrected chi connectivity index (χ2v) is 5.10. The summed E-state index contributed by atoms with van der Waals surface area (Å²) in [5.74, 6) is 0.643. The second kappa shape index (κ2) is 6.03. The molecule has 0 aliphatic heterocycles. The zero-order chi connectivity index (χ0) is 13.0. The average molecular weight is 245 g/mol. The van der Waals surface area contributed by atoms with Gasteiger partial charge in [0.2, 0.25) is 0 Å². The molecule has 1 unspecified atom stereocenters. The Labute approximate surface area is 109 Å². The van der Waals surface area contributed by atoms with Gasteiger partial charge in [-0.05, 0) is 37.1 Å². The van der Waals surface area contributed by atoms with Crippen LogP contribution in [0.4, 0.5) is 0 Å². The van der Waals surface area contributed by atoms with Crippen LogP contribution in [0.5, 0.6) is 0 Å². The van der Waals surface area contributed by atoms with Crippen LogP contribution in [0, 0.1) is 5.92 Å². The molecule has 18 heavy (non-hydrogen) atoms. The van der Waals surface area contributed by atoms with Gasteiger partial charge in [-0.3, -0.25) is 0 Å². The van der Waals surface area contributed by atoms with E-state index in [-0.39, 0.29) is 0 Å². The van der Waals surface area contributed by atoms with Crippen LogP contribution in [0.15, 0.2) is 30.5 Å². The molecule has 0 amide bonds. The molecule has 2 aromatic rings. The molecule has 1 heterocycles. The van der Waals surface area contributed by atoms with Gasteiger partial charge in [0.15, 0.2) is 0 Å². The molecule has 0 fully saturated rings. The number of aryl methyl sites for hydroxylation is 1. The van der Waals surface area contributed by atoms with Crippen molar-refractivity contribution in [2.24, 2.45) is 18.7 Å². The van der Waals surface area contributed by atoms with Crippen molar-refractivity contribution in [3.63, 3.8) is 0 Å². The molecule has 3 nitrogen and oxygen atoms in total. The Morgan fingerprint density at radius 3 is 2.89 bits per heavy atom. The fraction of sp³-hybridized carbons (Fsp3) is 0.467. The molecule has 0 radical (unpaired) electrons. The zero-order valence-electron chi connectivity index (χ0n) is 11.3. The largest absolute Gasteiger partial charge is 0.350 e. The van der Waals surface area contributed by atoms with Crippen LogP contribution in [0.1, 0.15) is 18.9 Å². The molecule has 0 saturated heterocycles. The second-order valence-electron chi connectivity index (χ2n) is 5.10. The molecular formula is C15H23N3. The number of benzene rings is 1. The van der Waals surface area contributed by atoms with Gasteiger partial charge in [-0.25, -0.2) is 0 Å². The standard InChI is InChI=1S/C15H23N3/c1-12(7-8-16)9-17-10-13-11-18(2)15-6-4-3-5-14(13)15/h3-6,11-12,17H,7-10,16H2,1-2H3. The summed E-state index contributed by atoms with van der Waals surface area (Å²) in [6.45, 7) is 4.97. The lowest BCUT2D eigenvalue weighted by Crippen LogP contribution is -2.22. The molecule has 98 valence electrons. The molecule has 2 rings (SSSR count). The van der Waals surface area contributed by atoms with E-state index in [4.69, 9.17) is 5.73 Å². The summed E-state index contributed by atoms with van der Waals surface area (Å²) in [7, 11) is 2.10. The average Bonchev–Trinajstić information content (AvgIpc) is 2.68. The van der Waals surface area contributed by atoms with Crippen LogP contribution in [-0.4, -0.2) is 17.7 Å². The highest BCUT2D eigenvalue weighted by Gasteiger charge is 2.06. The summed E-state index contributed by atoms with van der Waals surface area (Å²) in [5, 5.41) is 4.87. The summed E-state index contributed by atoms with van der Waals surface area (Å²) >= 11 is 0. The number of nitrogens with one attached hydrogen (secondary N) is 1. The van der Waals surface area contributed by atoms with E-state index in [0.717, 1.165) is 26.1 Å². The fourth-order valence-corrected chi connectivity index (χ4v) is 2.41. The minimum Gasteiger partial charge on any atom is -0.350 e. The number of para-hydroxylation sites is 1. The molecule has 0 aliphatic rings. The van der Waals surface area contributed by atoms with Crippen LogP contribution in [0.25, 0.3) is 10.9 Å². The van der Waals surface area contributed by atoms with Gasteiger partial charge in [-0.2, -0.15) is 0 Å². The summed E-state index contributed by atoms with van der Waals surface area (Å²) in [4.78, 5) is 0. The van der Waals surface area contributed by atoms with E-state index in [0.29, 0.717) is 5.92 Å². The Hall–Kier alpha value is -1.32. The lowest BCUT2D eigenvalue weighted by Gasteiger charge is -2.10. The Kier molecular flexibility index (Phi) is 4.39. The van der Waals surface area contributed by atoms with Crippen LogP contribution >= 0.6 is 0 Å². The molecule has 0 bridgehead atoms. The lowest BCUT2D eigenvalue weighted by atomic mass is 10.1. The number of hydrogen-bond acceptors (Lipinski definition) is 2. The Morgan fingerprint density at radius 2 is 2.11 bits per heavy atom. The maximum Gasteiger partial charge on any atom is 0.0481 e. The molecule has 1 aromatic heterocycles. The Bertz CT molecular complexity index is 501. The van der Waals surface area contributed by atoms with E-state index < -0.39 is 0 Å². The first kappa shape index (κ1) is 13.1. The number of nitrogens with zero attached hydrogens (tertiary/aromatic N) is 1. The monoisotopic (exact) mass is 245 g/mol. The minimum absolute atomic E-state index is 0.643. The smallest absolute Gasteiger partial charge is 0.0481 e. The third kappa shape index (κ3) is 2.92. The van der Waals surface area contributed by atoms with E-state index in [1.165, 1.54) is 16.5 Å². The maximum atomic E-state index is 5.56. The number of aromatic nitrogens is 1. The fourth-order valence-electron chi connectivity index (χ4n) is 2.41. The van der Waals surface area contributed by atoms with E-state index in [1.54, 1.807) is 0 Å². The number of nitrogens with two attached hydrogens (primary N) is 1. The normalized spacial score (nSPS) is 13.1. The predicted octanol–water partition coefficient (Wildman–Crippen LogP) is 2.25. The van der Waals surface area contributed by atoms with Crippen LogP contribution in [0.2, 0.25) is 0 Å². The number of hydrogen-bond donors (Lipinski definition) is 2. The quantitative estimate of drug-likeness (QED) is 0.819. The van der Waals surface area contributed by atoms with Gasteiger partial charge in [0.25, 0.3) is 0 Å². The highest BCUT2D eigenvalue weighted by molar-refractivity contribution is 5.83. The van der Waals surface area contributed by atoms with Gasteiger partial charge in [-0.1, -0.05) is 25.1 Å². The first-order valence-electron chi connectivity index (χ1n) is 6.66. The first-order valence-corrected chi connectivity index (χ1v) is 6.66. The molecule has 1 aromatic carbocycles. The molecular weight excluding hydrogens is 222 g/mol. The predicted molar refractivity (Wildman–Crippen MR) is 77.5 cm³/mol. The lowest BCUT2D eigenvalue weighted by molar-refractivity contribution is 0.487. The summed E-state index contributed by atoms with van der Waals surface area (Å²) < 4.78 is 2.19. The van der Waals surface area contributed by atoms with E-state index >= 15 is 0 Å². The van der Waals surface area contributed by atoms with Gasteiger partial charge in [0.1, 0.15) is 0 Å². The number of fused-ring (bicyclic) bond motifs is 1. The van der Waals surface area contributed by atoms with Gasteiger partial charge < -0.3 is 15.6 Å². The van der Waals surface area contributed by atoms with Crippen molar-refractivity contribution in [1.82, 2.24) is 9.88 Å². The Morgan fingerprint density at radius 1 is 1.33 bits per heavy atom. The van der Waals surface area contributed by atoms with Gasteiger partial charge in [0, 0.05) is 30.7 Å². The molecule has 0 spiro atoms. The maximum absolute atomic E-state index is 5.56. The van der Waals surface area contributed by atoms with Gasteiger partial charge >= 0.3 is 0 Å². The van der Waals surface area contributed by atoms with Crippen molar-refractivity contribution < 1.29 is 0 Å². The topological polar surface area (TPSA) is 43.0 Å². The highest BCUT2D eigenvalue weighted by Crippen LogP contribution is 2.19. The Balaban J connectivity index is 2.00. The first-order chi connectivity index (χ1) is 8.72. The minimum atomic E-state index is 0.643. The molecule has 0 saturated carbocycles. The van der Waals surface area contributed by atoms with E-state index in [9.17, 15) is 0 Å². The van der Waals surface area contributed by atoms with Crippen molar-refractivity contribution in [3.05, 3.63) is 36.0 Å². The molecule has 0 aliphatic carbocycles. The van der Waals surface area contributed by atoms with Gasteiger partial charge in [-0.15, -0.1) is 0 Å². The van der Waals surface area contributed by atoms with Crippen molar-refractivity contribution in [3.8, 4) is 0 Å². The van der Waals surface area contributed by atoms with Crippen molar-refractivity contribution in [2.45, 2.75) is 19.9 Å². The zero-order valence-corrected chi connectivity index (χ0v) is 11.3. The van der Waals surface area contributed by atoms with Crippen molar-refractivity contribution in [1.29, 1.82) is 0 Å². The van der Waals surface area contributed by atoms with Crippen LogP contribution in [0.3, 0.4) is 0 Å². The van der Waals surface area contributed by atoms with E-state index in [1.807, 2.05) is 0 Å².